The van der Waals surface area contributed by atoms with Crippen molar-refractivity contribution in [2.24, 2.45) is 0 Å². The highest BCUT2D eigenvalue weighted by Gasteiger charge is 2.20. The van der Waals surface area contributed by atoms with Gasteiger partial charge in [-0.05, 0) is 80.0 Å². The Bertz CT molecular complexity index is 1400. The zero-order valence-corrected chi connectivity index (χ0v) is 21.4. The molecule has 4 aromatic rings. The number of carbonyl (C=O) groups is 1. The van der Waals surface area contributed by atoms with Crippen molar-refractivity contribution >= 4 is 22.7 Å². The Kier molecular flexibility index (Phi) is 7.37. The van der Waals surface area contributed by atoms with E-state index in [1.165, 1.54) is 5.56 Å². The predicted octanol–water partition coefficient (Wildman–Crippen LogP) is 4.54. The first-order chi connectivity index (χ1) is 18.0. The van der Waals surface area contributed by atoms with Gasteiger partial charge in [-0.3, -0.25) is 9.78 Å². The smallest absolute Gasteiger partial charge is 0.305 e. The van der Waals surface area contributed by atoms with E-state index in [2.05, 4.69) is 27.3 Å². The Labute approximate surface area is 216 Å². The normalized spacial score (nSPS) is 13.8. The van der Waals surface area contributed by atoms with E-state index in [1.807, 2.05) is 61.4 Å². The highest BCUT2D eigenvalue weighted by Crippen LogP contribution is 2.30. The zero-order valence-electron chi connectivity index (χ0n) is 21.4. The van der Waals surface area contributed by atoms with Crippen molar-refractivity contribution in [3.8, 4) is 5.75 Å². The molecule has 3 aromatic heterocycles. The fourth-order valence-electron chi connectivity index (χ4n) is 4.97. The number of hydrogen-bond acceptors (Lipinski definition) is 6. The van der Waals surface area contributed by atoms with Gasteiger partial charge in [-0.15, -0.1) is 0 Å². The average Bonchev–Trinajstić information content (AvgIpc) is 3.30. The number of aryl methyl sites for hydroxylation is 1. The van der Waals surface area contributed by atoms with Gasteiger partial charge in [0.25, 0.3) is 0 Å². The van der Waals surface area contributed by atoms with Crippen LogP contribution in [0.2, 0.25) is 0 Å². The molecule has 0 saturated heterocycles. The number of nitrogens with zero attached hydrogens (tertiary/aromatic N) is 4. The highest BCUT2D eigenvalue weighted by molar-refractivity contribution is 5.82. The summed E-state index contributed by atoms with van der Waals surface area (Å²) in [4.78, 5) is 23.0. The van der Waals surface area contributed by atoms with Gasteiger partial charge in [-0.2, -0.15) is 0 Å². The molecule has 1 aliphatic heterocycles. The summed E-state index contributed by atoms with van der Waals surface area (Å²) in [6.45, 7) is 2.25. The number of anilines is 1. The minimum atomic E-state index is -0.851. The van der Waals surface area contributed by atoms with Gasteiger partial charge in [0.15, 0.2) is 0 Å². The van der Waals surface area contributed by atoms with Gasteiger partial charge in [-0.25, -0.2) is 4.98 Å². The topological polar surface area (TPSA) is 92.5 Å². The molecule has 0 spiro atoms. The van der Waals surface area contributed by atoms with E-state index in [0.29, 0.717) is 6.61 Å². The van der Waals surface area contributed by atoms with Crippen molar-refractivity contribution in [3.05, 3.63) is 83.4 Å². The number of nitrogens with one attached hydrogen (secondary N) is 1. The van der Waals surface area contributed by atoms with Crippen LogP contribution in [0.3, 0.4) is 0 Å². The van der Waals surface area contributed by atoms with Crippen LogP contribution in [-0.4, -0.2) is 57.8 Å². The molecule has 0 fully saturated rings. The van der Waals surface area contributed by atoms with Crippen LogP contribution >= 0.6 is 0 Å². The Hall–Kier alpha value is -3.91. The molecule has 0 aliphatic carbocycles. The van der Waals surface area contributed by atoms with Crippen LogP contribution in [-0.2, 0) is 24.2 Å². The van der Waals surface area contributed by atoms with Crippen LogP contribution in [0.4, 0.5) is 5.82 Å². The summed E-state index contributed by atoms with van der Waals surface area (Å²) in [5, 5.41) is 14.0. The zero-order chi connectivity index (χ0) is 25.8. The van der Waals surface area contributed by atoms with Gasteiger partial charge in [0.05, 0.1) is 19.1 Å². The molecular weight excluding hydrogens is 466 g/mol. The summed E-state index contributed by atoms with van der Waals surface area (Å²) >= 11 is 0. The predicted molar refractivity (Wildman–Crippen MR) is 144 cm³/mol. The summed E-state index contributed by atoms with van der Waals surface area (Å²) in [6, 6.07) is 13.9. The third kappa shape index (κ3) is 5.91. The highest BCUT2D eigenvalue weighted by atomic mass is 16.5. The third-order valence-corrected chi connectivity index (χ3v) is 6.67. The molecule has 1 atom stereocenters. The number of pyridine rings is 2. The summed E-state index contributed by atoms with van der Waals surface area (Å²) in [7, 11) is 4.00. The van der Waals surface area contributed by atoms with Crippen LogP contribution in [0.25, 0.3) is 10.9 Å². The molecule has 0 saturated carbocycles. The SMILES string of the molecule is CN(C)Cc1cncc(C(CC(=O)O)n2ccc3cc(OCCc4ccc5c(n4)NCCC5)ccc32)c1. The van der Waals surface area contributed by atoms with Crippen LogP contribution in [0.1, 0.15) is 41.3 Å². The number of aromatic nitrogens is 3. The lowest BCUT2D eigenvalue weighted by Crippen LogP contribution is -2.16. The van der Waals surface area contributed by atoms with Crippen molar-refractivity contribution < 1.29 is 14.6 Å². The summed E-state index contributed by atoms with van der Waals surface area (Å²) in [5.41, 5.74) is 5.19. The number of benzene rings is 1. The van der Waals surface area contributed by atoms with Gasteiger partial charge in [-0.1, -0.05) is 6.07 Å². The molecule has 0 bridgehead atoms. The molecular formula is C29H33N5O3. The third-order valence-electron chi connectivity index (χ3n) is 6.67. The van der Waals surface area contributed by atoms with Gasteiger partial charge in [0.2, 0.25) is 0 Å². The van der Waals surface area contributed by atoms with Crippen LogP contribution in [0, 0.1) is 0 Å². The maximum absolute atomic E-state index is 11.8. The van der Waals surface area contributed by atoms with E-state index in [1.54, 1.807) is 6.20 Å². The molecule has 192 valence electrons. The van der Waals surface area contributed by atoms with Crippen molar-refractivity contribution in [1.29, 1.82) is 0 Å². The number of hydrogen-bond donors (Lipinski definition) is 2. The van der Waals surface area contributed by atoms with Crippen LogP contribution < -0.4 is 10.1 Å². The minimum absolute atomic E-state index is 0.0300. The second-order valence-electron chi connectivity index (χ2n) is 9.86. The molecule has 2 N–H and O–H groups in total. The lowest BCUT2D eigenvalue weighted by atomic mass is 10.0. The fraction of sp³-hybridized carbons (Fsp3) is 0.345. The van der Waals surface area contributed by atoms with Crippen molar-refractivity contribution in [2.75, 3.05) is 32.6 Å². The maximum atomic E-state index is 11.8. The Morgan fingerprint density at radius 2 is 2.08 bits per heavy atom. The van der Waals surface area contributed by atoms with Crippen molar-refractivity contribution in [2.45, 2.75) is 38.3 Å². The first-order valence-electron chi connectivity index (χ1n) is 12.7. The molecule has 0 radical (unpaired) electrons. The van der Waals surface area contributed by atoms with Crippen LogP contribution in [0.15, 0.2) is 61.1 Å². The number of aliphatic carboxylic acids is 1. The maximum Gasteiger partial charge on any atom is 0.305 e. The standard InChI is InChI=1S/C29H33N5O3/c1-33(2)19-20-14-23(18-30-17-20)27(16-28(35)36)34-12-9-22-15-25(7-8-26(22)34)37-13-10-24-6-5-21-4-3-11-31-29(21)32-24/h5-9,12,14-15,17-18,27H,3-4,10-11,13,16,19H2,1-2H3,(H,31,32)(H,35,36). The first-order valence-corrected chi connectivity index (χ1v) is 12.7. The van der Waals surface area contributed by atoms with Crippen molar-refractivity contribution in [3.63, 3.8) is 0 Å². The number of carboxylic acid groups (broad SMARTS) is 1. The average molecular weight is 500 g/mol. The molecule has 37 heavy (non-hydrogen) atoms. The molecule has 5 rings (SSSR count). The van der Waals surface area contributed by atoms with E-state index in [-0.39, 0.29) is 12.5 Å². The molecule has 4 heterocycles. The quantitative estimate of drug-likeness (QED) is 0.331. The van der Waals surface area contributed by atoms with E-state index in [4.69, 9.17) is 9.72 Å². The molecule has 1 aliphatic rings. The van der Waals surface area contributed by atoms with Gasteiger partial charge in [0, 0.05) is 54.7 Å². The lowest BCUT2D eigenvalue weighted by molar-refractivity contribution is -0.137. The molecule has 8 heteroatoms. The summed E-state index contributed by atoms with van der Waals surface area (Å²) in [6.07, 6.45) is 8.47. The lowest BCUT2D eigenvalue weighted by Gasteiger charge is -2.20. The Morgan fingerprint density at radius 3 is 2.92 bits per heavy atom. The second-order valence-corrected chi connectivity index (χ2v) is 9.86. The van der Waals surface area contributed by atoms with E-state index < -0.39 is 5.97 Å². The Morgan fingerprint density at radius 1 is 1.19 bits per heavy atom. The van der Waals surface area contributed by atoms with Gasteiger partial charge in [0.1, 0.15) is 11.6 Å². The number of carboxylic acids is 1. The molecule has 1 aromatic carbocycles. The van der Waals surface area contributed by atoms with E-state index in [0.717, 1.165) is 71.6 Å². The fourth-order valence-corrected chi connectivity index (χ4v) is 4.97. The summed E-state index contributed by atoms with van der Waals surface area (Å²) in [5.74, 6) is 0.937. The monoisotopic (exact) mass is 499 g/mol. The molecule has 0 amide bonds. The summed E-state index contributed by atoms with van der Waals surface area (Å²) < 4.78 is 8.08. The first kappa shape index (κ1) is 24.8. The van der Waals surface area contributed by atoms with E-state index in [9.17, 15) is 9.90 Å². The molecule has 1 unspecified atom stereocenters. The molecule has 8 nitrogen and oxygen atoms in total. The van der Waals surface area contributed by atoms with Gasteiger partial charge >= 0.3 is 5.97 Å². The van der Waals surface area contributed by atoms with E-state index >= 15 is 0 Å². The van der Waals surface area contributed by atoms with Crippen LogP contribution in [0.5, 0.6) is 5.75 Å². The second kappa shape index (κ2) is 11.0. The Balaban J connectivity index is 1.32. The number of ether oxygens (including phenoxy) is 1. The van der Waals surface area contributed by atoms with Crippen molar-refractivity contribution in [1.82, 2.24) is 19.4 Å². The van der Waals surface area contributed by atoms with Gasteiger partial charge < -0.3 is 24.6 Å². The number of fused-ring (bicyclic) bond motifs is 2. The minimum Gasteiger partial charge on any atom is -0.493 e. The number of rotatable bonds is 10. The largest absolute Gasteiger partial charge is 0.493 e.